The number of fused-ring (bicyclic) bond motifs is 8. The molecule has 0 radical (unpaired) electrons. The molecule has 0 aliphatic carbocycles. The van der Waals surface area contributed by atoms with Crippen LogP contribution >= 0.6 is 0 Å². The van der Waals surface area contributed by atoms with E-state index in [1.807, 2.05) is 0 Å². The Balaban J connectivity index is 1.19. The Bertz CT molecular complexity index is 2780. The zero-order chi connectivity index (χ0) is 33.4. The number of para-hydroxylation sites is 2. The Morgan fingerprint density at radius 3 is 2.00 bits per heavy atom. The summed E-state index contributed by atoms with van der Waals surface area (Å²) in [5.41, 5.74) is 12.7. The number of rotatable bonds is 4. The van der Waals surface area contributed by atoms with Crippen LogP contribution in [0.4, 0.5) is 0 Å². The van der Waals surface area contributed by atoms with Gasteiger partial charge in [0.2, 0.25) is 0 Å². The molecule has 0 amide bonds. The van der Waals surface area contributed by atoms with Gasteiger partial charge in [-0.05, 0) is 69.0 Å². The van der Waals surface area contributed by atoms with Gasteiger partial charge in [0.05, 0.1) is 22.2 Å². The first-order chi connectivity index (χ1) is 24.6. The SMILES string of the molecule is C[Si]1(C)c2ccccc2-c2ccc3nc(-c4cccc(-c5cccc6c5c5ccccc5n6-c5ccccc5)c4)nc(-c4ccccc4)c3c21. The second-order valence-corrected chi connectivity index (χ2v) is 18.1. The van der Waals surface area contributed by atoms with E-state index in [-0.39, 0.29) is 0 Å². The van der Waals surface area contributed by atoms with E-state index < -0.39 is 8.07 Å². The van der Waals surface area contributed by atoms with Crippen LogP contribution in [0.25, 0.3) is 83.3 Å². The van der Waals surface area contributed by atoms with Crippen molar-refractivity contribution in [3.05, 3.63) is 164 Å². The van der Waals surface area contributed by atoms with Gasteiger partial charge in [0.15, 0.2) is 5.82 Å². The molecule has 50 heavy (non-hydrogen) atoms. The normalized spacial score (nSPS) is 13.2. The molecule has 3 nitrogen and oxygen atoms in total. The summed E-state index contributed by atoms with van der Waals surface area (Å²) in [7, 11) is -2.01. The van der Waals surface area contributed by atoms with Crippen LogP contribution < -0.4 is 10.4 Å². The monoisotopic (exact) mass is 655 g/mol. The van der Waals surface area contributed by atoms with Gasteiger partial charge >= 0.3 is 0 Å². The van der Waals surface area contributed by atoms with Gasteiger partial charge < -0.3 is 4.57 Å². The third-order valence-electron chi connectivity index (χ3n) is 10.6. The lowest BCUT2D eigenvalue weighted by Gasteiger charge is -2.22. The van der Waals surface area contributed by atoms with Gasteiger partial charge in [-0.25, -0.2) is 9.97 Å². The standard InChI is InChI=1S/C46H33N3Si/c1-50(2)41-26-12-10-21-35(41)36-27-28-38-43(45(36)50)44(30-15-5-3-6-16-30)48-46(47-38)32-18-13-17-31(29-32)34-23-14-25-40-42(34)37-22-9-11-24-39(37)49(40)33-19-7-4-8-20-33/h3-29H,1-2H3. The summed E-state index contributed by atoms with van der Waals surface area (Å²) in [4.78, 5) is 10.8. The highest BCUT2D eigenvalue weighted by molar-refractivity contribution is 7.05. The van der Waals surface area contributed by atoms with Gasteiger partial charge in [0.1, 0.15) is 8.07 Å². The molecule has 9 aromatic rings. The first-order valence-electron chi connectivity index (χ1n) is 17.3. The molecule has 0 atom stereocenters. The van der Waals surface area contributed by atoms with Crippen molar-refractivity contribution < 1.29 is 0 Å². The smallest absolute Gasteiger partial charge is 0.160 e. The molecule has 0 saturated heterocycles. The molecule has 0 fully saturated rings. The maximum atomic E-state index is 5.45. The van der Waals surface area contributed by atoms with Gasteiger partial charge in [-0.3, -0.25) is 0 Å². The van der Waals surface area contributed by atoms with Crippen LogP contribution in [0.2, 0.25) is 13.1 Å². The van der Waals surface area contributed by atoms with Gasteiger partial charge in [-0.15, -0.1) is 0 Å². The van der Waals surface area contributed by atoms with Crippen molar-refractivity contribution in [2.24, 2.45) is 0 Å². The summed E-state index contributed by atoms with van der Waals surface area (Å²) in [6.07, 6.45) is 0. The molecule has 0 spiro atoms. The largest absolute Gasteiger partial charge is 0.309 e. The molecule has 4 heteroatoms. The van der Waals surface area contributed by atoms with E-state index in [9.17, 15) is 0 Å². The van der Waals surface area contributed by atoms with E-state index in [2.05, 4.69) is 181 Å². The summed E-state index contributed by atoms with van der Waals surface area (Å²) in [5, 5.41) is 6.61. The fourth-order valence-corrected chi connectivity index (χ4v) is 11.8. The fourth-order valence-electron chi connectivity index (χ4n) is 8.37. The minimum atomic E-state index is -2.01. The Morgan fingerprint density at radius 2 is 1.14 bits per heavy atom. The third-order valence-corrected chi connectivity index (χ3v) is 14.1. The number of aromatic nitrogens is 3. The van der Waals surface area contributed by atoms with E-state index in [4.69, 9.17) is 9.97 Å². The lowest BCUT2D eigenvalue weighted by atomic mass is 9.97. The van der Waals surface area contributed by atoms with Crippen LogP contribution in [0.15, 0.2) is 164 Å². The summed E-state index contributed by atoms with van der Waals surface area (Å²) >= 11 is 0. The number of hydrogen-bond acceptors (Lipinski definition) is 2. The zero-order valence-corrected chi connectivity index (χ0v) is 28.9. The van der Waals surface area contributed by atoms with E-state index in [0.29, 0.717) is 0 Å². The first kappa shape index (κ1) is 28.9. The Hall–Kier alpha value is -6.10. The second kappa shape index (κ2) is 11.0. The van der Waals surface area contributed by atoms with Crippen molar-refractivity contribution in [3.8, 4) is 50.6 Å². The maximum Gasteiger partial charge on any atom is 0.160 e. The van der Waals surface area contributed by atoms with Crippen LogP contribution in [0.1, 0.15) is 0 Å². The van der Waals surface area contributed by atoms with E-state index >= 15 is 0 Å². The number of benzene rings is 7. The number of nitrogens with zero attached hydrogens (tertiary/aromatic N) is 3. The number of hydrogen-bond donors (Lipinski definition) is 0. The molecular weight excluding hydrogens is 623 g/mol. The molecule has 1 aliphatic heterocycles. The van der Waals surface area contributed by atoms with Gasteiger partial charge in [0, 0.05) is 33.0 Å². The van der Waals surface area contributed by atoms with Crippen molar-refractivity contribution in [1.29, 1.82) is 0 Å². The van der Waals surface area contributed by atoms with Crippen LogP contribution in [0, 0.1) is 0 Å². The van der Waals surface area contributed by atoms with Gasteiger partial charge in [0.25, 0.3) is 0 Å². The van der Waals surface area contributed by atoms with Crippen LogP contribution in [-0.2, 0) is 0 Å². The Labute approximate surface area is 292 Å². The van der Waals surface area contributed by atoms with Crippen LogP contribution in [-0.4, -0.2) is 22.6 Å². The second-order valence-electron chi connectivity index (χ2n) is 13.8. The molecule has 3 heterocycles. The zero-order valence-electron chi connectivity index (χ0n) is 27.9. The van der Waals surface area contributed by atoms with Crippen LogP contribution in [0.3, 0.4) is 0 Å². The summed E-state index contributed by atoms with van der Waals surface area (Å²) in [6.45, 7) is 4.94. The predicted octanol–water partition coefficient (Wildman–Crippen LogP) is 10.5. The molecule has 0 N–H and O–H groups in total. The quantitative estimate of drug-likeness (QED) is 0.177. The highest BCUT2D eigenvalue weighted by Crippen LogP contribution is 2.40. The molecule has 1 aliphatic rings. The molecule has 0 saturated carbocycles. The molecule has 10 rings (SSSR count). The van der Waals surface area contributed by atoms with Crippen molar-refractivity contribution in [1.82, 2.24) is 14.5 Å². The predicted molar refractivity (Wildman–Crippen MR) is 212 cm³/mol. The average Bonchev–Trinajstić information content (AvgIpc) is 3.64. The van der Waals surface area contributed by atoms with Crippen molar-refractivity contribution in [2.75, 3.05) is 0 Å². The van der Waals surface area contributed by atoms with Gasteiger partial charge in [-0.2, -0.15) is 0 Å². The molecule has 236 valence electrons. The lowest BCUT2D eigenvalue weighted by molar-refractivity contribution is 1.18. The topological polar surface area (TPSA) is 30.7 Å². The minimum absolute atomic E-state index is 0.743. The summed E-state index contributed by atoms with van der Waals surface area (Å²) in [5.74, 6) is 0.743. The molecule has 0 unspecified atom stereocenters. The van der Waals surface area contributed by atoms with Crippen molar-refractivity contribution in [2.45, 2.75) is 13.1 Å². The van der Waals surface area contributed by atoms with Gasteiger partial charge in [-0.1, -0.05) is 140 Å². The highest BCUT2D eigenvalue weighted by atomic mass is 28.3. The summed E-state index contributed by atoms with van der Waals surface area (Å²) < 4.78 is 2.37. The fraction of sp³-hybridized carbons (Fsp3) is 0.0435. The summed E-state index contributed by atoms with van der Waals surface area (Å²) in [6, 6.07) is 58.9. The average molecular weight is 656 g/mol. The molecule has 7 aromatic carbocycles. The highest BCUT2D eigenvalue weighted by Gasteiger charge is 2.39. The van der Waals surface area contributed by atoms with Crippen molar-refractivity contribution >= 4 is 51.2 Å². The van der Waals surface area contributed by atoms with E-state index in [0.717, 1.165) is 39.4 Å². The Morgan fingerprint density at radius 1 is 0.480 bits per heavy atom. The minimum Gasteiger partial charge on any atom is -0.309 e. The van der Waals surface area contributed by atoms with E-state index in [1.54, 1.807) is 0 Å². The van der Waals surface area contributed by atoms with E-state index in [1.165, 1.54) is 54.3 Å². The molecule has 0 bridgehead atoms. The third kappa shape index (κ3) is 4.22. The first-order valence-corrected chi connectivity index (χ1v) is 20.3. The van der Waals surface area contributed by atoms with Crippen molar-refractivity contribution in [3.63, 3.8) is 0 Å². The lowest BCUT2D eigenvalue weighted by Crippen LogP contribution is -2.49. The Kier molecular flexibility index (Phi) is 6.33. The maximum absolute atomic E-state index is 5.45. The molecular formula is C46H33N3Si. The van der Waals surface area contributed by atoms with Crippen LogP contribution in [0.5, 0.6) is 0 Å². The molecule has 2 aromatic heterocycles.